The van der Waals surface area contributed by atoms with Crippen LogP contribution in [-0.2, 0) is 0 Å². The molecule has 0 aliphatic carbocycles. The first-order valence-electron chi connectivity index (χ1n) is 9.64. The van der Waals surface area contributed by atoms with Crippen LogP contribution < -0.4 is 5.32 Å². The Kier molecular flexibility index (Phi) is 5.06. The maximum absolute atomic E-state index is 11.7. The average molecular weight is 398 g/mol. The average Bonchev–Trinajstić information content (AvgIpc) is 3.12. The Balaban J connectivity index is 1.90. The van der Waals surface area contributed by atoms with E-state index in [1.165, 1.54) is 0 Å². The molecule has 0 radical (unpaired) electrons. The second-order valence-electron chi connectivity index (χ2n) is 7.21. The van der Waals surface area contributed by atoms with Gasteiger partial charge in [0.15, 0.2) is 0 Å². The minimum absolute atomic E-state index is 0.108. The number of aromatic carboxylic acids is 1. The number of rotatable bonds is 5. The molecule has 150 valence electrons. The van der Waals surface area contributed by atoms with Gasteiger partial charge in [-0.3, -0.25) is 0 Å². The number of pyridine rings is 1. The second-order valence-corrected chi connectivity index (χ2v) is 7.21. The molecule has 0 aliphatic heterocycles. The largest absolute Gasteiger partial charge is 0.478 e. The topological polar surface area (TPSA) is 80.0 Å². The van der Waals surface area contributed by atoms with Gasteiger partial charge in [-0.15, -0.1) is 0 Å². The van der Waals surface area contributed by atoms with Gasteiger partial charge in [0.2, 0.25) is 0 Å². The number of benzene rings is 2. The quantitative estimate of drug-likeness (QED) is 0.477. The maximum atomic E-state index is 11.7. The van der Waals surface area contributed by atoms with Crippen LogP contribution in [0.4, 0.5) is 11.6 Å². The monoisotopic (exact) mass is 398 g/mol. The fourth-order valence-corrected chi connectivity index (χ4v) is 3.48. The van der Waals surface area contributed by atoms with Gasteiger partial charge in [0.25, 0.3) is 0 Å². The summed E-state index contributed by atoms with van der Waals surface area (Å²) in [7, 11) is 0. The molecule has 2 heterocycles. The number of hydrogen-bond donors (Lipinski definition) is 2. The van der Waals surface area contributed by atoms with Crippen molar-refractivity contribution in [1.29, 1.82) is 0 Å². The number of carboxylic acid groups (broad SMARTS) is 1. The van der Waals surface area contributed by atoms with Gasteiger partial charge < -0.3 is 10.4 Å². The van der Waals surface area contributed by atoms with Crippen LogP contribution in [0, 0.1) is 20.8 Å². The molecule has 0 aliphatic rings. The number of aromatic nitrogens is 3. The first kappa shape index (κ1) is 19.4. The van der Waals surface area contributed by atoms with Crippen LogP contribution >= 0.6 is 0 Å². The summed E-state index contributed by atoms with van der Waals surface area (Å²) in [4.78, 5) is 16.1. The smallest absolute Gasteiger partial charge is 0.339 e. The van der Waals surface area contributed by atoms with Gasteiger partial charge in [-0.2, -0.15) is 5.10 Å². The molecule has 4 aromatic rings. The fraction of sp³-hybridized carbons (Fsp3) is 0.125. The first-order valence-corrected chi connectivity index (χ1v) is 9.64. The summed E-state index contributed by atoms with van der Waals surface area (Å²) in [5.41, 5.74) is 5.67. The maximum Gasteiger partial charge on any atom is 0.339 e. The molecule has 0 saturated carbocycles. The number of hydrogen-bond acceptors (Lipinski definition) is 4. The van der Waals surface area contributed by atoms with Crippen LogP contribution in [0.15, 0.2) is 66.7 Å². The van der Waals surface area contributed by atoms with Crippen LogP contribution in [0.5, 0.6) is 0 Å². The van der Waals surface area contributed by atoms with Gasteiger partial charge in [-0.05, 0) is 44.0 Å². The van der Waals surface area contributed by atoms with E-state index in [1.807, 2.05) is 80.1 Å². The fourth-order valence-electron chi connectivity index (χ4n) is 3.48. The number of carbonyl (C=O) groups is 1. The van der Waals surface area contributed by atoms with E-state index in [0.717, 1.165) is 33.8 Å². The molecule has 0 bridgehead atoms. The Bertz CT molecular complexity index is 1210. The normalized spacial score (nSPS) is 10.8. The zero-order valence-electron chi connectivity index (χ0n) is 17.0. The third kappa shape index (κ3) is 3.67. The minimum atomic E-state index is -1.04. The molecule has 0 atom stereocenters. The molecular weight excluding hydrogens is 376 g/mol. The van der Waals surface area contributed by atoms with Crippen molar-refractivity contribution in [2.45, 2.75) is 20.8 Å². The molecule has 2 aromatic carbocycles. The van der Waals surface area contributed by atoms with E-state index in [-0.39, 0.29) is 11.4 Å². The Morgan fingerprint density at radius 1 is 0.933 bits per heavy atom. The number of nitrogens with one attached hydrogen (secondary N) is 1. The van der Waals surface area contributed by atoms with Crippen LogP contribution in [-0.4, -0.2) is 25.8 Å². The van der Waals surface area contributed by atoms with Gasteiger partial charge in [0, 0.05) is 17.3 Å². The van der Waals surface area contributed by atoms with E-state index in [9.17, 15) is 9.90 Å². The van der Waals surface area contributed by atoms with E-state index in [1.54, 1.807) is 12.1 Å². The molecule has 0 fully saturated rings. The summed E-state index contributed by atoms with van der Waals surface area (Å²) in [6.45, 7) is 5.89. The Morgan fingerprint density at radius 2 is 1.63 bits per heavy atom. The van der Waals surface area contributed by atoms with Crippen molar-refractivity contribution in [1.82, 2.24) is 14.8 Å². The van der Waals surface area contributed by atoms with Crippen molar-refractivity contribution in [3.63, 3.8) is 0 Å². The highest BCUT2D eigenvalue weighted by Crippen LogP contribution is 2.30. The lowest BCUT2D eigenvalue weighted by atomic mass is 10.1. The summed E-state index contributed by atoms with van der Waals surface area (Å²) in [6.07, 6.45) is 0. The molecule has 30 heavy (non-hydrogen) atoms. The van der Waals surface area contributed by atoms with Gasteiger partial charge >= 0.3 is 5.97 Å². The summed E-state index contributed by atoms with van der Waals surface area (Å²) in [6, 6.07) is 21.1. The van der Waals surface area contributed by atoms with Crippen molar-refractivity contribution in [3.8, 4) is 16.9 Å². The SMILES string of the molecule is Cc1ccc(C(=O)O)c(Nc2cc(-c3ccccc3)nn2-c2c(C)cccc2C)n1. The number of anilines is 2. The number of nitrogens with zero attached hydrogens (tertiary/aromatic N) is 3. The molecule has 6 nitrogen and oxygen atoms in total. The summed E-state index contributed by atoms with van der Waals surface area (Å²) >= 11 is 0. The van der Waals surface area contributed by atoms with E-state index >= 15 is 0 Å². The van der Waals surface area contributed by atoms with Crippen LogP contribution in [0.1, 0.15) is 27.2 Å². The predicted molar refractivity (Wildman–Crippen MR) is 118 cm³/mol. The lowest BCUT2D eigenvalue weighted by Crippen LogP contribution is -2.10. The molecule has 0 unspecified atom stereocenters. The second kappa shape index (κ2) is 7.83. The van der Waals surface area contributed by atoms with Gasteiger partial charge in [0.1, 0.15) is 17.2 Å². The molecule has 6 heteroatoms. The van der Waals surface area contributed by atoms with Crippen LogP contribution in [0.2, 0.25) is 0 Å². The Labute approximate surface area is 174 Å². The van der Waals surface area contributed by atoms with Gasteiger partial charge in [-0.1, -0.05) is 48.5 Å². The zero-order chi connectivity index (χ0) is 21.3. The van der Waals surface area contributed by atoms with Crippen LogP contribution in [0.3, 0.4) is 0 Å². The third-order valence-corrected chi connectivity index (χ3v) is 4.94. The lowest BCUT2D eigenvalue weighted by Gasteiger charge is -2.15. The highest BCUT2D eigenvalue weighted by Gasteiger charge is 2.18. The molecule has 4 rings (SSSR count). The van der Waals surface area contributed by atoms with Crippen molar-refractivity contribution in [2.24, 2.45) is 0 Å². The number of carboxylic acids is 1. The molecule has 0 saturated heterocycles. The Hall–Kier alpha value is -3.93. The van der Waals surface area contributed by atoms with E-state index < -0.39 is 5.97 Å². The highest BCUT2D eigenvalue weighted by atomic mass is 16.4. The van der Waals surface area contributed by atoms with Crippen molar-refractivity contribution >= 4 is 17.6 Å². The molecule has 2 N–H and O–H groups in total. The van der Waals surface area contributed by atoms with Crippen molar-refractivity contribution in [2.75, 3.05) is 5.32 Å². The molecule has 0 spiro atoms. The third-order valence-electron chi connectivity index (χ3n) is 4.94. The van der Waals surface area contributed by atoms with Crippen molar-refractivity contribution < 1.29 is 9.90 Å². The number of para-hydroxylation sites is 1. The zero-order valence-corrected chi connectivity index (χ0v) is 17.0. The van der Waals surface area contributed by atoms with Crippen LogP contribution in [0.25, 0.3) is 16.9 Å². The molecular formula is C24H22N4O2. The van der Waals surface area contributed by atoms with Gasteiger partial charge in [-0.25, -0.2) is 14.5 Å². The summed E-state index contributed by atoms with van der Waals surface area (Å²) in [5.74, 6) is -0.104. The predicted octanol–water partition coefficient (Wildman–Crippen LogP) is 5.30. The number of aryl methyl sites for hydroxylation is 3. The lowest BCUT2D eigenvalue weighted by molar-refractivity contribution is 0.0697. The summed E-state index contributed by atoms with van der Waals surface area (Å²) in [5, 5.41) is 17.6. The molecule has 2 aromatic heterocycles. The van der Waals surface area contributed by atoms with E-state index in [2.05, 4.69) is 10.3 Å². The minimum Gasteiger partial charge on any atom is -0.478 e. The highest BCUT2D eigenvalue weighted by molar-refractivity contribution is 5.94. The van der Waals surface area contributed by atoms with Gasteiger partial charge in [0.05, 0.1) is 11.4 Å². The first-order chi connectivity index (χ1) is 14.4. The summed E-state index contributed by atoms with van der Waals surface area (Å²) < 4.78 is 1.82. The standard InChI is InChI=1S/C24H22N4O2/c1-15-8-7-9-16(2)22(15)28-21(14-20(27-28)18-10-5-4-6-11-18)26-23-19(24(29)30)13-12-17(3)25-23/h4-14H,1-3H3,(H,25,26)(H,29,30). The molecule has 0 amide bonds. The Morgan fingerprint density at radius 3 is 2.30 bits per heavy atom. The van der Waals surface area contributed by atoms with E-state index in [0.29, 0.717) is 5.82 Å². The van der Waals surface area contributed by atoms with E-state index in [4.69, 9.17) is 5.10 Å². The van der Waals surface area contributed by atoms with Crippen molar-refractivity contribution in [3.05, 3.63) is 89.1 Å².